The summed E-state index contributed by atoms with van der Waals surface area (Å²) >= 11 is 0. The third-order valence-electron chi connectivity index (χ3n) is 7.16. The maximum Gasteiger partial charge on any atom is 0.340 e. The molecular formula is C27H32N4O3. The molecule has 0 bridgehead atoms. The van der Waals surface area contributed by atoms with E-state index in [1.54, 1.807) is 4.68 Å². The van der Waals surface area contributed by atoms with Crippen molar-refractivity contribution in [3.63, 3.8) is 0 Å². The first-order valence-corrected chi connectivity index (χ1v) is 12.1. The molecule has 1 spiro atoms. The molecule has 3 aromatic rings. The average Bonchev–Trinajstić information content (AvgIpc) is 3.29. The maximum atomic E-state index is 13.2. The molecule has 34 heavy (non-hydrogen) atoms. The van der Waals surface area contributed by atoms with E-state index in [2.05, 4.69) is 54.7 Å². The fourth-order valence-electron chi connectivity index (χ4n) is 5.55. The molecule has 0 saturated heterocycles. The number of carbonyl (C=O) groups excluding carboxylic acids is 1. The van der Waals surface area contributed by atoms with Gasteiger partial charge in [-0.1, -0.05) is 18.2 Å². The van der Waals surface area contributed by atoms with Crippen LogP contribution in [0, 0.1) is 6.92 Å². The summed E-state index contributed by atoms with van der Waals surface area (Å²) in [7, 11) is 1.86. The molecule has 1 atom stereocenters. The average molecular weight is 461 g/mol. The van der Waals surface area contributed by atoms with Crippen LogP contribution >= 0.6 is 0 Å². The number of esters is 1. The van der Waals surface area contributed by atoms with Gasteiger partial charge in [-0.15, -0.1) is 0 Å². The lowest BCUT2D eigenvalue weighted by atomic mass is 9.77. The van der Waals surface area contributed by atoms with Crippen LogP contribution in [0.3, 0.4) is 0 Å². The van der Waals surface area contributed by atoms with Crippen molar-refractivity contribution in [3.8, 4) is 11.6 Å². The van der Waals surface area contributed by atoms with Gasteiger partial charge in [0.25, 0.3) is 0 Å². The van der Waals surface area contributed by atoms with Crippen LogP contribution in [0.5, 0.6) is 11.6 Å². The summed E-state index contributed by atoms with van der Waals surface area (Å²) in [6, 6.07) is 11.9. The van der Waals surface area contributed by atoms with Gasteiger partial charge >= 0.3 is 5.97 Å². The van der Waals surface area contributed by atoms with Gasteiger partial charge < -0.3 is 19.3 Å². The Morgan fingerprint density at radius 1 is 0.941 bits per heavy atom. The molecule has 2 aliphatic heterocycles. The fourth-order valence-corrected chi connectivity index (χ4v) is 5.55. The van der Waals surface area contributed by atoms with Crippen LogP contribution in [-0.4, -0.2) is 41.9 Å². The molecule has 178 valence electrons. The number of carbonyl (C=O) groups is 1. The van der Waals surface area contributed by atoms with E-state index in [1.807, 2.05) is 38.2 Å². The zero-order chi connectivity index (χ0) is 24.2. The molecule has 0 N–H and O–H groups in total. The quantitative estimate of drug-likeness (QED) is 0.483. The Kier molecular flexibility index (Phi) is 5.30. The van der Waals surface area contributed by atoms with Crippen LogP contribution in [0.4, 0.5) is 11.4 Å². The van der Waals surface area contributed by atoms with E-state index < -0.39 is 5.60 Å². The normalized spacial score (nSPS) is 17.6. The number of hydrogen-bond acceptors (Lipinski definition) is 6. The number of anilines is 2. The minimum Gasteiger partial charge on any atom is -0.440 e. The van der Waals surface area contributed by atoms with Gasteiger partial charge in [-0.25, -0.2) is 9.48 Å². The number of ether oxygens (including phenoxy) is 2. The smallest absolute Gasteiger partial charge is 0.340 e. The van der Waals surface area contributed by atoms with Gasteiger partial charge in [0.2, 0.25) is 5.88 Å². The highest BCUT2D eigenvalue weighted by Crippen LogP contribution is 2.58. The van der Waals surface area contributed by atoms with Crippen LogP contribution in [-0.2, 0) is 17.4 Å². The second-order valence-electron chi connectivity index (χ2n) is 8.79. The van der Waals surface area contributed by atoms with E-state index in [-0.39, 0.29) is 5.97 Å². The Morgan fingerprint density at radius 3 is 2.21 bits per heavy atom. The van der Waals surface area contributed by atoms with Crippen LogP contribution in [0.2, 0.25) is 0 Å². The zero-order valence-corrected chi connectivity index (χ0v) is 20.8. The van der Waals surface area contributed by atoms with E-state index in [0.717, 1.165) is 59.9 Å². The molecule has 3 heterocycles. The zero-order valence-electron chi connectivity index (χ0n) is 20.8. The van der Waals surface area contributed by atoms with Crippen LogP contribution < -0.4 is 14.5 Å². The third kappa shape index (κ3) is 2.89. The molecule has 0 saturated carbocycles. The topological polar surface area (TPSA) is 59.8 Å². The number of benzene rings is 2. The lowest BCUT2D eigenvalue weighted by Crippen LogP contribution is -2.35. The summed E-state index contributed by atoms with van der Waals surface area (Å²) in [6.07, 6.45) is 0. The Balaban J connectivity index is 1.88. The SMILES string of the molecule is CCN(CC)c1cc2c(cc1N(CC)CC)C1(OC(=O)c3ccccc31)c1c(C)nn(C)c1O2. The number of aromatic nitrogens is 2. The first kappa shape index (κ1) is 22.3. The van der Waals surface area contributed by atoms with Gasteiger partial charge in [-0.3, -0.25) is 0 Å². The molecule has 7 heteroatoms. The van der Waals surface area contributed by atoms with E-state index >= 15 is 0 Å². The number of rotatable bonds is 6. The summed E-state index contributed by atoms with van der Waals surface area (Å²) in [5.41, 5.74) is 4.96. The highest BCUT2D eigenvalue weighted by Gasteiger charge is 2.56. The van der Waals surface area contributed by atoms with E-state index in [0.29, 0.717) is 17.2 Å². The molecule has 5 rings (SSSR count). The minimum absolute atomic E-state index is 0.324. The van der Waals surface area contributed by atoms with E-state index in [1.165, 1.54) is 0 Å². The van der Waals surface area contributed by atoms with Crippen molar-refractivity contribution in [2.75, 3.05) is 36.0 Å². The summed E-state index contributed by atoms with van der Waals surface area (Å²) in [6.45, 7) is 14.1. The Hall–Kier alpha value is -3.48. The van der Waals surface area contributed by atoms with E-state index in [9.17, 15) is 4.79 Å². The molecule has 2 aromatic carbocycles. The summed E-state index contributed by atoms with van der Waals surface area (Å²) < 4.78 is 14.6. The Bertz CT molecular complexity index is 1270. The highest BCUT2D eigenvalue weighted by atomic mass is 16.6. The maximum absolute atomic E-state index is 13.2. The lowest BCUT2D eigenvalue weighted by molar-refractivity contribution is 0.0221. The highest BCUT2D eigenvalue weighted by molar-refractivity contribution is 5.97. The summed E-state index contributed by atoms with van der Waals surface area (Å²) in [4.78, 5) is 17.8. The summed E-state index contributed by atoms with van der Waals surface area (Å²) in [5, 5.41) is 4.65. The monoisotopic (exact) mass is 460 g/mol. The molecule has 1 unspecified atom stereocenters. The first-order chi connectivity index (χ1) is 16.4. The van der Waals surface area contributed by atoms with Crippen molar-refractivity contribution in [2.24, 2.45) is 7.05 Å². The van der Waals surface area contributed by atoms with Crippen molar-refractivity contribution in [1.29, 1.82) is 0 Å². The molecular weight excluding hydrogens is 428 g/mol. The van der Waals surface area contributed by atoms with Crippen LogP contribution in [0.1, 0.15) is 60.4 Å². The standard InChI is InChI=1S/C27H32N4O3/c1-7-30(8-2)21-15-20-23(16-22(21)31(9-3)10-4)33-25-24(17(5)28-29(25)6)27(20)19-14-12-11-13-18(19)26(32)34-27/h11-16H,7-10H2,1-6H3. The van der Waals surface area contributed by atoms with Crippen molar-refractivity contribution in [2.45, 2.75) is 40.2 Å². The predicted molar refractivity (Wildman–Crippen MR) is 133 cm³/mol. The Morgan fingerprint density at radius 2 is 1.56 bits per heavy atom. The van der Waals surface area contributed by atoms with E-state index in [4.69, 9.17) is 9.47 Å². The largest absolute Gasteiger partial charge is 0.440 e. The van der Waals surface area contributed by atoms with Gasteiger partial charge in [0.05, 0.1) is 33.8 Å². The molecule has 0 amide bonds. The minimum atomic E-state index is -1.10. The lowest BCUT2D eigenvalue weighted by Gasteiger charge is -2.38. The third-order valence-corrected chi connectivity index (χ3v) is 7.16. The van der Waals surface area contributed by atoms with Crippen molar-refractivity contribution in [3.05, 3.63) is 64.3 Å². The van der Waals surface area contributed by atoms with Gasteiger partial charge in [0, 0.05) is 44.9 Å². The molecule has 1 aromatic heterocycles. The van der Waals surface area contributed by atoms with Gasteiger partial charge in [0.1, 0.15) is 5.75 Å². The van der Waals surface area contributed by atoms with Crippen molar-refractivity contribution in [1.82, 2.24) is 9.78 Å². The van der Waals surface area contributed by atoms with Crippen molar-refractivity contribution < 1.29 is 14.3 Å². The van der Waals surface area contributed by atoms with Crippen LogP contribution in [0.25, 0.3) is 0 Å². The molecule has 0 fully saturated rings. The van der Waals surface area contributed by atoms with Gasteiger partial charge in [0.15, 0.2) is 5.60 Å². The molecule has 0 aliphatic carbocycles. The Labute approximate surface area is 200 Å². The van der Waals surface area contributed by atoms with Crippen LogP contribution in [0.15, 0.2) is 36.4 Å². The first-order valence-electron chi connectivity index (χ1n) is 12.1. The number of hydrogen-bond donors (Lipinski definition) is 0. The molecule has 2 aliphatic rings. The summed E-state index contributed by atoms with van der Waals surface area (Å²) in [5.74, 6) is 0.975. The number of fused-ring (bicyclic) bond motifs is 6. The van der Waals surface area contributed by atoms with Gasteiger partial charge in [-0.05, 0) is 46.8 Å². The predicted octanol–water partition coefficient (Wildman–Crippen LogP) is 4.99. The number of aryl methyl sites for hydroxylation is 2. The molecule has 7 nitrogen and oxygen atoms in total. The molecule has 0 radical (unpaired) electrons. The second kappa shape index (κ2) is 8.08. The second-order valence-corrected chi connectivity index (χ2v) is 8.79. The fraction of sp³-hybridized carbons (Fsp3) is 0.407. The number of nitrogens with zero attached hydrogens (tertiary/aromatic N) is 4. The van der Waals surface area contributed by atoms with Gasteiger partial charge in [-0.2, -0.15) is 5.10 Å². The van der Waals surface area contributed by atoms with Crippen molar-refractivity contribution >= 4 is 17.3 Å².